The van der Waals surface area contributed by atoms with Crippen molar-refractivity contribution < 1.29 is 27.6 Å². The molecule has 1 saturated heterocycles. The summed E-state index contributed by atoms with van der Waals surface area (Å²) in [5.41, 5.74) is 1.88. The van der Waals surface area contributed by atoms with E-state index in [9.17, 15) is 27.6 Å². The first-order valence-corrected chi connectivity index (χ1v) is 9.68. The number of alkyl halides is 3. The summed E-state index contributed by atoms with van der Waals surface area (Å²) >= 11 is 0. The van der Waals surface area contributed by atoms with E-state index in [4.69, 9.17) is 0 Å². The molecule has 1 saturated carbocycles. The topological polar surface area (TPSA) is 90.5 Å². The van der Waals surface area contributed by atoms with Crippen LogP contribution in [0.25, 0.3) is 0 Å². The minimum atomic E-state index is -4.60. The second kappa shape index (κ2) is 7.48. The van der Waals surface area contributed by atoms with Gasteiger partial charge < -0.3 is 5.32 Å². The summed E-state index contributed by atoms with van der Waals surface area (Å²) in [6, 6.07) is 3.99. The Morgan fingerprint density at radius 2 is 1.90 bits per heavy atom. The molecule has 2 unspecified atom stereocenters. The first kappa shape index (κ1) is 21.9. The van der Waals surface area contributed by atoms with Crippen LogP contribution in [0, 0.1) is 11.3 Å². The molecule has 0 bridgehead atoms. The molecule has 7 nitrogen and oxygen atoms in total. The van der Waals surface area contributed by atoms with Crippen molar-refractivity contribution in [1.82, 2.24) is 15.6 Å². The highest BCUT2D eigenvalue weighted by molar-refractivity contribution is 6.09. The number of hydrazine groups is 1. The van der Waals surface area contributed by atoms with E-state index in [-0.39, 0.29) is 17.0 Å². The molecule has 1 spiro atoms. The SMILES string of the molecule is CC1CC(C)(C)CC2(C1)NC(=O)N(CC(=O)NNc1ccccc1C(F)(F)F)C2=O. The number of para-hydroxylation sites is 1. The summed E-state index contributed by atoms with van der Waals surface area (Å²) in [6.45, 7) is 5.48. The van der Waals surface area contributed by atoms with Crippen molar-refractivity contribution in [1.29, 1.82) is 0 Å². The number of imide groups is 1. The lowest BCUT2D eigenvalue weighted by Crippen LogP contribution is -2.54. The summed E-state index contributed by atoms with van der Waals surface area (Å²) in [5, 5.41) is 2.75. The van der Waals surface area contributed by atoms with E-state index in [1.807, 2.05) is 20.8 Å². The Balaban J connectivity index is 1.67. The summed E-state index contributed by atoms with van der Waals surface area (Å²) in [6.07, 6.45) is -2.74. The standard InChI is InChI=1S/C20H25F3N4O3/c1-12-8-18(2,3)11-19(9-12)16(29)27(17(30)24-19)10-15(28)26-25-14-7-5-4-6-13(14)20(21,22)23/h4-7,12,25H,8-11H2,1-3H3,(H,24,30)(H,26,28). The first-order valence-electron chi connectivity index (χ1n) is 9.68. The Hall–Kier alpha value is -2.78. The Morgan fingerprint density at radius 1 is 1.23 bits per heavy atom. The predicted octanol–water partition coefficient (Wildman–Crippen LogP) is 3.29. The number of carbonyl (C=O) groups is 3. The predicted molar refractivity (Wildman–Crippen MR) is 103 cm³/mol. The fraction of sp³-hybridized carbons (Fsp3) is 0.550. The number of nitrogens with one attached hydrogen (secondary N) is 3. The van der Waals surface area contributed by atoms with Crippen LogP contribution in [0.15, 0.2) is 24.3 Å². The van der Waals surface area contributed by atoms with Gasteiger partial charge >= 0.3 is 12.2 Å². The van der Waals surface area contributed by atoms with Crippen molar-refractivity contribution in [3.05, 3.63) is 29.8 Å². The molecular weight excluding hydrogens is 401 g/mol. The van der Waals surface area contributed by atoms with Crippen LogP contribution in [0.4, 0.5) is 23.7 Å². The van der Waals surface area contributed by atoms with Gasteiger partial charge in [-0.2, -0.15) is 13.2 Å². The minimum absolute atomic E-state index is 0.151. The number of nitrogens with zero attached hydrogens (tertiary/aromatic N) is 1. The normalized spacial score (nSPS) is 25.9. The largest absolute Gasteiger partial charge is 0.418 e. The van der Waals surface area contributed by atoms with Crippen LogP contribution in [0.2, 0.25) is 0 Å². The van der Waals surface area contributed by atoms with Gasteiger partial charge in [-0.25, -0.2) is 4.79 Å². The molecule has 0 aromatic heterocycles. The molecule has 1 heterocycles. The second-order valence-corrected chi connectivity index (χ2v) is 8.97. The number of benzene rings is 1. The number of amides is 4. The fourth-order valence-corrected chi connectivity index (χ4v) is 4.81. The van der Waals surface area contributed by atoms with Gasteiger partial charge in [-0.05, 0) is 42.7 Å². The number of anilines is 1. The maximum Gasteiger partial charge on any atom is 0.418 e. The van der Waals surface area contributed by atoms with Crippen molar-refractivity contribution in [2.75, 3.05) is 12.0 Å². The lowest BCUT2D eigenvalue weighted by Gasteiger charge is -2.43. The number of hydrogen-bond donors (Lipinski definition) is 3. The molecule has 4 amide bonds. The van der Waals surface area contributed by atoms with Gasteiger partial charge in [0.25, 0.3) is 11.8 Å². The van der Waals surface area contributed by atoms with E-state index in [1.54, 1.807) is 0 Å². The quantitative estimate of drug-likeness (QED) is 0.509. The van der Waals surface area contributed by atoms with Crippen LogP contribution < -0.4 is 16.2 Å². The monoisotopic (exact) mass is 426 g/mol. The maximum atomic E-state index is 13.0. The van der Waals surface area contributed by atoms with Crippen LogP contribution in [0.3, 0.4) is 0 Å². The Kier molecular flexibility index (Phi) is 5.46. The maximum absolute atomic E-state index is 13.0. The molecule has 164 valence electrons. The minimum Gasteiger partial charge on any atom is -0.323 e. The van der Waals surface area contributed by atoms with Gasteiger partial charge in [-0.15, -0.1) is 0 Å². The van der Waals surface area contributed by atoms with Crippen molar-refractivity contribution in [3.8, 4) is 0 Å². The summed E-state index contributed by atoms with van der Waals surface area (Å²) in [7, 11) is 0. The third kappa shape index (κ3) is 4.36. The zero-order valence-corrected chi connectivity index (χ0v) is 17.0. The second-order valence-electron chi connectivity index (χ2n) is 8.97. The third-order valence-corrected chi connectivity index (χ3v) is 5.49. The molecule has 3 N–H and O–H groups in total. The highest BCUT2D eigenvalue weighted by Crippen LogP contribution is 2.46. The zero-order chi connectivity index (χ0) is 22.3. The van der Waals surface area contributed by atoms with Gasteiger partial charge in [0.15, 0.2) is 0 Å². The molecule has 1 aromatic carbocycles. The Labute approximate surface area is 172 Å². The van der Waals surface area contributed by atoms with Gasteiger partial charge in [0.2, 0.25) is 0 Å². The highest BCUT2D eigenvalue weighted by Gasteiger charge is 2.56. The number of hydrogen-bond acceptors (Lipinski definition) is 4. The zero-order valence-electron chi connectivity index (χ0n) is 17.0. The average Bonchev–Trinajstić information content (AvgIpc) is 2.81. The molecule has 1 aliphatic heterocycles. The van der Waals surface area contributed by atoms with E-state index in [0.717, 1.165) is 23.5 Å². The highest BCUT2D eigenvalue weighted by atomic mass is 19.4. The van der Waals surface area contributed by atoms with Crippen LogP contribution in [0.1, 0.15) is 45.6 Å². The van der Waals surface area contributed by atoms with E-state index >= 15 is 0 Å². The molecule has 2 atom stereocenters. The molecule has 10 heteroatoms. The smallest absolute Gasteiger partial charge is 0.323 e. The summed E-state index contributed by atoms with van der Waals surface area (Å²) < 4.78 is 39.1. The molecule has 1 aliphatic carbocycles. The number of urea groups is 1. The van der Waals surface area contributed by atoms with E-state index in [0.29, 0.717) is 12.8 Å². The molecule has 2 aliphatic rings. The molecule has 30 heavy (non-hydrogen) atoms. The molecule has 1 aromatic rings. The lowest BCUT2D eigenvalue weighted by molar-refractivity contribution is -0.137. The van der Waals surface area contributed by atoms with Crippen molar-refractivity contribution in [2.24, 2.45) is 11.3 Å². The van der Waals surface area contributed by atoms with Gasteiger partial charge in [0, 0.05) is 0 Å². The fourth-order valence-electron chi connectivity index (χ4n) is 4.81. The Bertz CT molecular complexity index is 871. The molecule has 3 rings (SSSR count). The van der Waals surface area contributed by atoms with E-state index in [2.05, 4.69) is 16.2 Å². The van der Waals surface area contributed by atoms with Gasteiger partial charge in [-0.3, -0.25) is 25.3 Å². The van der Waals surface area contributed by atoms with Gasteiger partial charge in [0.05, 0.1) is 11.3 Å². The number of carbonyl (C=O) groups excluding carboxylic acids is 3. The van der Waals surface area contributed by atoms with Crippen molar-refractivity contribution in [3.63, 3.8) is 0 Å². The van der Waals surface area contributed by atoms with E-state index < -0.39 is 41.7 Å². The average molecular weight is 426 g/mol. The number of halogens is 3. The molecule has 2 fully saturated rings. The molecular formula is C20H25F3N4O3. The van der Waals surface area contributed by atoms with Crippen LogP contribution in [-0.4, -0.2) is 34.8 Å². The van der Waals surface area contributed by atoms with Crippen LogP contribution in [0.5, 0.6) is 0 Å². The van der Waals surface area contributed by atoms with E-state index in [1.165, 1.54) is 12.1 Å². The van der Waals surface area contributed by atoms with Crippen molar-refractivity contribution >= 4 is 23.5 Å². The third-order valence-electron chi connectivity index (χ3n) is 5.49. The van der Waals surface area contributed by atoms with Gasteiger partial charge in [-0.1, -0.05) is 32.9 Å². The van der Waals surface area contributed by atoms with Crippen LogP contribution >= 0.6 is 0 Å². The number of rotatable bonds is 4. The summed E-state index contributed by atoms with van der Waals surface area (Å²) in [4.78, 5) is 38.5. The molecule has 0 radical (unpaired) electrons. The van der Waals surface area contributed by atoms with Crippen LogP contribution in [-0.2, 0) is 15.8 Å². The Morgan fingerprint density at radius 3 is 2.53 bits per heavy atom. The van der Waals surface area contributed by atoms with Crippen molar-refractivity contribution in [2.45, 2.75) is 51.7 Å². The lowest BCUT2D eigenvalue weighted by atomic mass is 9.64. The van der Waals surface area contributed by atoms with Gasteiger partial charge in [0.1, 0.15) is 12.1 Å². The summed E-state index contributed by atoms with van der Waals surface area (Å²) in [5.74, 6) is -1.07. The first-order chi connectivity index (χ1) is 13.8.